The predicted molar refractivity (Wildman–Crippen MR) is 85.4 cm³/mol. The minimum atomic E-state index is -3.80. The van der Waals surface area contributed by atoms with Crippen LogP contribution in [0, 0.1) is 5.92 Å². The highest BCUT2D eigenvalue weighted by molar-refractivity contribution is 7.94. The van der Waals surface area contributed by atoms with Crippen LogP contribution in [-0.4, -0.2) is 31.6 Å². The van der Waals surface area contributed by atoms with E-state index in [0.29, 0.717) is 5.69 Å². The molecule has 9 heteroatoms. The quantitative estimate of drug-likeness (QED) is 0.840. The summed E-state index contributed by atoms with van der Waals surface area (Å²) in [6, 6.07) is 8.65. The van der Waals surface area contributed by atoms with Gasteiger partial charge in [0, 0.05) is 13.0 Å². The Kier molecular flexibility index (Phi) is 4.77. The minimum absolute atomic E-state index is 0.165. The van der Waals surface area contributed by atoms with Crippen LogP contribution in [-0.2, 0) is 14.8 Å². The van der Waals surface area contributed by atoms with Crippen LogP contribution < -0.4 is 9.62 Å². The number of benzene rings is 1. The van der Waals surface area contributed by atoms with Crippen molar-refractivity contribution < 1.29 is 13.2 Å². The smallest absolute Gasteiger partial charge is 0.293 e. The summed E-state index contributed by atoms with van der Waals surface area (Å²) in [6.07, 6.45) is 0. The lowest BCUT2D eigenvalue weighted by Gasteiger charge is -2.16. The molecular formula is C13H16N4O3S2. The second-order valence-electron chi connectivity index (χ2n) is 4.83. The molecule has 22 heavy (non-hydrogen) atoms. The molecule has 118 valence electrons. The normalized spacial score (nSPS) is 11.5. The summed E-state index contributed by atoms with van der Waals surface area (Å²) in [6.45, 7) is 3.47. The average molecular weight is 340 g/mol. The predicted octanol–water partition coefficient (Wildman–Crippen LogP) is 1.96. The number of sulfonamides is 1. The zero-order valence-electron chi connectivity index (χ0n) is 12.3. The van der Waals surface area contributed by atoms with Crippen molar-refractivity contribution in [3.8, 4) is 0 Å². The number of hydrogen-bond donors (Lipinski definition) is 1. The van der Waals surface area contributed by atoms with Crippen molar-refractivity contribution in [1.29, 1.82) is 0 Å². The van der Waals surface area contributed by atoms with E-state index in [4.69, 9.17) is 0 Å². The first-order valence-corrected chi connectivity index (χ1v) is 8.76. The van der Waals surface area contributed by atoms with Crippen LogP contribution in [0.4, 0.5) is 10.8 Å². The Labute approximate surface area is 133 Å². The molecule has 2 rings (SSSR count). The van der Waals surface area contributed by atoms with Crippen LogP contribution in [0.15, 0.2) is 34.7 Å². The van der Waals surface area contributed by atoms with E-state index >= 15 is 0 Å². The van der Waals surface area contributed by atoms with Gasteiger partial charge in [-0.25, -0.2) is 0 Å². The Hall–Kier alpha value is -2.00. The molecule has 0 atom stereocenters. The summed E-state index contributed by atoms with van der Waals surface area (Å²) >= 11 is 0.825. The summed E-state index contributed by atoms with van der Waals surface area (Å²) in [4.78, 5) is 11.6. The lowest BCUT2D eigenvalue weighted by atomic mass is 10.2. The monoisotopic (exact) mass is 340 g/mol. The molecule has 0 spiro atoms. The number of anilines is 2. The van der Waals surface area contributed by atoms with E-state index in [0.717, 1.165) is 15.6 Å². The molecule has 0 unspecified atom stereocenters. The van der Waals surface area contributed by atoms with Gasteiger partial charge in [-0.1, -0.05) is 43.4 Å². The van der Waals surface area contributed by atoms with Crippen LogP contribution in [0.5, 0.6) is 0 Å². The van der Waals surface area contributed by atoms with Gasteiger partial charge in [-0.3, -0.25) is 9.10 Å². The number of nitrogens with zero attached hydrogens (tertiary/aromatic N) is 3. The van der Waals surface area contributed by atoms with Crippen molar-refractivity contribution in [2.45, 2.75) is 18.2 Å². The van der Waals surface area contributed by atoms with Crippen LogP contribution >= 0.6 is 11.3 Å². The molecule has 0 radical (unpaired) electrons. The molecule has 0 aliphatic heterocycles. The molecule has 1 heterocycles. The highest BCUT2D eigenvalue weighted by atomic mass is 32.2. The third kappa shape index (κ3) is 3.42. The highest BCUT2D eigenvalue weighted by Gasteiger charge is 2.26. The maximum Gasteiger partial charge on any atom is 0.293 e. The van der Waals surface area contributed by atoms with E-state index in [1.807, 2.05) is 0 Å². The molecule has 1 aromatic heterocycles. The number of rotatable bonds is 5. The maximum atomic E-state index is 12.5. The van der Waals surface area contributed by atoms with Crippen LogP contribution in [0.3, 0.4) is 0 Å². The number of para-hydroxylation sites is 1. The summed E-state index contributed by atoms with van der Waals surface area (Å²) in [5.41, 5.74) is 0.519. The van der Waals surface area contributed by atoms with Gasteiger partial charge < -0.3 is 5.32 Å². The lowest BCUT2D eigenvalue weighted by molar-refractivity contribution is -0.118. The average Bonchev–Trinajstić information content (AvgIpc) is 2.96. The van der Waals surface area contributed by atoms with Crippen molar-refractivity contribution in [2.24, 2.45) is 5.92 Å². The van der Waals surface area contributed by atoms with Gasteiger partial charge in [-0.15, -0.1) is 10.2 Å². The Balaban J connectivity index is 2.24. The first-order valence-electron chi connectivity index (χ1n) is 6.50. The van der Waals surface area contributed by atoms with Crippen molar-refractivity contribution in [3.05, 3.63) is 30.3 Å². The van der Waals surface area contributed by atoms with Gasteiger partial charge in [0.2, 0.25) is 11.0 Å². The van der Waals surface area contributed by atoms with Crippen molar-refractivity contribution in [3.63, 3.8) is 0 Å². The molecule has 0 saturated carbocycles. The number of nitrogens with one attached hydrogen (secondary N) is 1. The molecule has 1 amide bonds. The van der Waals surface area contributed by atoms with Crippen molar-refractivity contribution >= 4 is 38.1 Å². The third-order valence-corrected chi connectivity index (χ3v) is 5.83. The van der Waals surface area contributed by atoms with Crippen molar-refractivity contribution in [2.75, 3.05) is 16.7 Å². The SMILES string of the molecule is CC(C)C(=O)Nc1nnc(S(=O)(=O)N(C)c2ccccc2)s1. The first kappa shape index (κ1) is 16.4. The van der Waals surface area contributed by atoms with Crippen LogP contribution in [0.1, 0.15) is 13.8 Å². The summed E-state index contributed by atoms with van der Waals surface area (Å²) in [5.74, 6) is -0.465. The topological polar surface area (TPSA) is 92.3 Å². The molecule has 0 aliphatic rings. The Morgan fingerprint density at radius 3 is 2.45 bits per heavy atom. The number of hydrogen-bond acceptors (Lipinski definition) is 6. The molecular weight excluding hydrogens is 324 g/mol. The van der Waals surface area contributed by atoms with Crippen LogP contribution in [0.2, 0.25) is 0 Å². The number of carbonyl (C=O) groups is 1. The van der Waals surface area contributed by atoms with Gasteiger partial charge in [0.1, 0.15) is 0 Å². The van der Waals surface area contributed by atoms with Crippen LogP contribution in [0.25, 0.3) is 0 Å². The van der Waals surface area contributed by atoms with E-state index < -0.39 is 10.0 Å². The van der Waals surface area contributed by atoms with E-state index in [2.05, 4.69) is 15.5 Å². The summed E-state index contributed by atoms with van der Waals surface area (Å²) in [5, 5.41) is 10.1. The van der Waals surface area contributed by atoms with Gasteiger partial charge in [0.25, 0.3) is 14.4 Å². The van der Waals surface area contributed by atoms with Gasteiger partial charge in [-0.2, -0.15) is 8.42 Å². The molecule has 0 saturated heterocycles. The second-order valence-corrected chi connectivity index (χ2v) is 7.95. The molecule has 0 fully saturated rings. The third-order valence-electron chi connectivity index (χ3n) is 2.86. The van der Waals surface area contributed by atoms with Gasteiger partial charge in [0.05, 0.1) is 5.69 Å². The fourth-order valence-corrected chi connectivity index (χ4v) is 3.76. The lowest BCUT2D eigenvalue weighted by Crippen LogP contribution is -2.26. The molecule has 1 N–H and O–H groups in total. The Morgan fingerprint density at radius 2 is 1.86 bits per heavy atom. The minimum Gasteiger partial charge on any atom is -0.300 e. The Bertz CT molecular complexity index is 757. The highest BCUT2D eigenvalue weighted by Crippen LogP contribution is 2.26. The van der Waals surface area contributed by atoms with E-state index in [9.17, 15) is 13.2 Å². The molecule has 0 bridgehead atoms. The molecule has 1 aromatic carbocycles. The van der Waals surface area contributed by atoms with Gasteiger partial charge >= 0.3 is 0 Å². The van der Waals surface area contributed by atoms with Crippen molar-refractivity contribution in [1.82, 2.24) is 10.2 Å². The zero-order valence-corrected chi connectivity index (χ0v) is 14.0. The standard InChI is InChI=1S/C13H16N4O3S2/c1-9(2)11(18)14-12-15-16-13(21-12)22(19,20)17(3)10-7-5-4-6-8-10/h4-9H,1-3H3,(H,14,15,18). The Morgan fingerprint density at radius 1 is 1.23 bits per heavy atom. The van der Waals surface area contributed by atoms with E-state index in [1.54, 1.807) is 44.2 Å². The number of carbonyl (C=O) groups excluding carboxylic acids is 1. The maximum absolute atomic E-state index is 12.5. The molecule has 0 aliphatic carbocycles. The molecule has 2 aromatic rings. The van der Waals surface area contributed by atoms with E-state index in [-0.39, 0.29) is 21.3 Å². The summed E-state index contributed by atoms with van der Waals surface area (Å²) in [7, 11) is -2.36. The van der Waals surface area contributed by atoms with E-state index in [1.165, 1.54) is 7.05 Å². The number of aromatic nitrogens is 2. The first-order chi connectivity index (χ1) is 10.3. The second kappa shape index (κ2) is 6.41. The summed E-state index contributed by atoms with van der Waals surface area (Å²) < 4.78 is 25.9. The largest absolute Gasteiger partial charge is 0.300 e. The van der Waals surface area contributed by atoms with Gasteiger partial charge in [-0.05, 0) is 12.1 Å². The molecule has 7 nitrogen and oxygen atoms in total. The fraction of sp³-hybridized carbons (Fsp3) is 0.308. The fourth-order valence-electron chi connectivity index (χ4n) is 1.51. The zero-order chi connectivity index (χ0) is 16.3. The number of amides is 1. The van der Waals surface area contributed by atoms with Gasteiger partial charge in [0.15, 0.2) is 0 Å².